The van der Waals surface area contributed by atoms with Crippen LogP contribution in [0.3, 0.4) is 0 Å². The highest BCUT2D eigenvalue weighted by atomic mass is 19.1. The lowest BCUT2D eigenvalue weighted by molar-refractivity contribution is 0.0790. The first-order valence-corrected chi connectivity index (χ1v) is 10.8. The van der Waals surface area contributed by atoms with Crippen molar-refractivity contribution < 1.29 is 9.50 Å². The van der Waals surface area contributed by atoms with E-state index >= 15 is 0 Å². The minimum absolute atomic E-state index is 0.0904. The van der Waals surface area contributed by atoms with E-state index in [0.29, 0.717) is 13.1 Å². The first kappa shape index (κ1) is 20.1. The molecule has 7 nitrogen and oxygen atoms in total. The molecule has 2 atom stereocenters. The Kier molecular flexibility index (Phi) is 5.67. The van der Waals surface area contributed by atoms with E-state index in [0.717, 1.165) is 49.8 Å². The quantitative estimate of drug-likeness (QED) is 0.676. The number of rotatable bonds is 5. The monoisotopic (exact) mass is 422 g/mol. The molecule has 1 N–H and O–H groups in total. The molecule has 0 amide bonds. The van der Waals surface area contributed by atoms with Crippen LogP contribution >= 0.6 is 0 Å². The fourth-order valence-electron chi connectivity index (χ4n) is 4.71. The summed E-state index contributed by atoms with van der Waals surface area (Å²) in [5, 5.41) is 15.1. The number of aliphatic hydroxyl groups excluding tert-OH is 1. The molecule has 31 heavy (non-hydrogen) atoms. The van der Waals surface area contributed by atoms with Gasteiger partial charge in [-0.1, -0.05) is 6.07 Å². The summed E-state index contributed by atoms with van der Waals surface area (Å²) in [5.74, 6) is 0.751. The van der Waals surface area contributed by atoms with Gasteiger partial charge < -0.3 is 10.0 Å². The molecule has 162 valence electrons. The van der Waals surface area contributed by atoms with E-state index in [2.05, 4.69) is 24.8 Å². The van der Waals surface area contributed by atoms with Crippen LogP contribution in [0.15, 0.2) is 61.1 Å². The van der Waals surface area contributed by atoms with Crippen molar-refractivity contribution in [1.29, 1.82) is 0 Å². The van der Waals surface area contributed by atoms with E-state index in [9.17, 15) is 9.50 Å². The van der Waals surface area contributed by atoms with Crippen LogP contribution in [0.1, 0.15) is 5.56 Å². The van der Waals surface area contributed by atoms with Crippen LogP contribution < -0.4 is 4.90 Å². The average Bonchev–Trinajstić information content (AvgIpc) is 3.45. The van der Waals surface area contributed by atoms with E-state index in [-0.39, 0.29) is 11.9 Å². The number of halogens is 1. The predicted octanol–water partition coefficient (Wildman–Crippen LogP) is 1.77. The highest BCUT2D eigenvalue weighted by Crippen LogP contribution is 2.24. The molecule has 5 rings (SSSR count). The first-order valence-electron chi connectivity index (χ1n) is 10.8. The maximum absolute atomic E-state index is 14.0. The van der Waals surface area contributed by atoms with Gasteiger partial charge in [0.25, 0.3) is 0 Å². The molecular formula is C23H27FN6O. The Labute approximate surface area is 181 Å². The molecule has 8 heteroatoms. The molecule has 2 aliphatic rings. The van der Waals surface area contributed by atoms with Crippen molar-refractivity contribution in [2.75, 3.05) is 44.2 Å². The zero-order chi connectivity index (χ0) is 21.2. The van der Waals surface area contributed by atoms with Crippen LogP contribution in [0.5, 0.6) is 0 Å². The largest absolute Gasteiger partial charge is 0.390 e. The minimum atomic E-state index is -0.414. The summed E-state index contributed by atoms with van der Waals surface area (Å²) in [6, 6.07) is 12.7. The summed E-state index contributed by atoms with van der Waals surface area (Å²) in [6.07, 6.45) is 4.99. The number of nitrogens with zero attached hydrogens (tertiary/aromatic N) is 6. The van der Waals surface area contributed by atoms with Crippen LogP contribution in [0, 0.1) is 5.82 Å². The lowest BCUT2D eigenvalue weighted by Gasteiger charge is -2.39. The maximum Gasteiger partial charge on any atom is 0.128 e. The third-order valence-electron chi connectivity index (χ3n) is 6.28. The highest BCUT2D eigenvalue weighted by molar-refractivity contribution is 5.41. The number of aromatic nitrogens is 3. The summed E-state index contributed by atoms with van der Waals surface area (Å²) < 4.78 is 15.7. The number of anilines is 1. The molecule has 2 aliphatic heterocycles. The first-order chi connectivity index (χ1) is 15.2. The molecule has 0 saturated carbocycles. The van der Waals surface area contributed by atoms with Crippen molar-refractivity contribution in [3.8, 4) is 5.69 Å². The van der Waals surface area contributed by atoms with Gasteiger partial charge in [0, 0.05) is 70.4 Å². The van der Waals surface area contributed by atoms with Gasteiger partial charge >= 0.3 is 0 Å². The van der Waals surface area contributed by atoms with Gasteiger partial charge in [0.15, 0.2) is 0 Å². The van der Waals surface area contributed by atoms with E-state index in [1.54, 1.807) is 23.0 Å². The Balaban J connectivity index is 1.23. The van der Waals surface area contributed by atoms with E-state index in [4.69, 9.17) is 0 Å². The van der Waals surface area contributed by atoms with Crippen LogP contribution in [-0.2, 0) is 6.54 Å². The van der Waals surface area contributed by atoms with E-state index in [1.165, 1.54) is 6.07 Å². The normalized spacial score (nSPS) is 22.8. The number of hydrogen-bond donors (Lipinski definition) is 1. The summed E-state index contributed by atoms with van der Waals surface area (Å²) >= 11 is 0. The molecule has 0 aliphatic carbocycles. The van der Waals surface area contributed by atoms with Gasteiger partial charge in [-0.25, -0.2) is 14.1 Å². The van der Waals surface area contributed by atoms with Crippen LogP contribution in [0.25, 0.3) is 5.69 Å². The predicted molar refractivity (Wildman–Crippen MR) is 117 cm³/mol. The molecule has 0 bridgehead atoms. The lowest BCUT2D eigenvalue weighted by atomic mass is 10.1. The smallest absolute Gasteiger partial charge is 0.128 e. The topological polar surface area (TPSA) is 60.7 Å². The summed E-state index contributed by atoms with van der Waals surface area (Å²) in [7, 11) is 0. The van der Waals surface area contributed by atoms with E-state index < -0.39 is 6.10 Å². The number of likely N-dealkylation sites (tertiary alicyclic amines) is 1. The fourth-order valence-corrected chi connectivity index (χ4v) is 4.71. The zero-order valence-electron chi connectivity index (χ0n) is 17.4. The Morgan fingerprint density at radius 1 is 1.00 bits per heavy atom. The van der Waals surface area contributed by atoms with Gasteiger partial charge in [0.2, 0.25) is 0 Å². The maximum atomic E-state index is 14.0. The highest BCUT2D eigenvalue weighted by Gasteiger charge is 2.37. The Hall–Kier alpha value is -2.81. The molecule has 1 aromatic carbocycles. The van der Waals surface area contributed by atoms with Crippen LogP contribution in [0.2, 0.25) is 0 Å². The van der Waals surface area contributed by atoms with Crippen molar-refractivity contribution >= 4 is 5.82 Å². The molecule has 2 aromatic heterocycles. The van der Waals surface area contributed by atoms with Crippen LogP contribution in [0.4, 0.5) is 10.2 Å². The molecule has 0 unspecified atom stereocenters. The molecule has 0 spiro atoms. The van der Waals surface area contributed by atoms with Crippen molar-refractivity contribution in [1.82, 2.24) is 24.6 Å². The van der Waals surface area contributed by atoms with Crippen molar-refractivity contribution in [3.63, 3.8) is 0 Å². The van der Waals surface area contributed by atoms with Crippen molar-refractivity contribution in [3.05, 3.63) is 72.4 Å². The number of hydrogen-bond acceptors (Lipinski definition) is 6. The Morgan fingerprint density at radius 3 is 2.61 bits per heavy atom. The van der Waals surface area contributed by atoms with Crippen LogP contribution in [-0.4, -0.2) is 81.1 Å². The Bertz CT molecular complexity index is 991. The molecule has 2 saturated heterocycles. The third-order valence-corrected chi connectivity index (χ3v) is 6.28. The number of aliphatic hydroxyl groups is 1. The van der Waals surface area contributed by atoms with Gasteiger partial charge in [-0.15, -0.1) is 0 Å². The second-order valence-electron chi connectivity index (χ2n) is 8.26. The number of β-amino-alcohol motifs (C(OH)–C–C–N with tert-alkyl or cyclic N) is 1. The minimum Gasteiger partial charge on any atom is -0.390 e. The van der Waals surface area contributed by atoms with Gasteiger partial charge in [0.1, 0.15) is 11.6 Å². The van der Waals surface area contributed by atoms with Gasteiger partial charge in [-0.05, 0) is 42.0 Å². The zero-order valence-corrected chi connectivity index (χ0v) is 17.4. The third kappa shape index (κ3) is 4.32. The van der Waals surface area contributed by atoms with Crippen molar-refractivity contribution in [2.45, 2.75) is 18.7 Å². The standard InChI is InChI=1S/C23H27FN6O/c24-19-5-6-20(30-9-3-8-26-30)18(14-19)15-27-16-21(22(31)17-27)28-10-12-29(13-11-28)23-4-1-2-7-25-23/h1-9,14,21-22,31H,10-13,15-17H2/t21-,22-/m0/s1. The summed E-state index contributed by atoms with van der Waals surface area (Å²) in [4.78, 5) is 11.3. The lowest BCUT2D eigenvalue weighted by Crippen LogP contribution is -2.53. The molecule has 3 aromatic rings. The van der Waals surface area contributed by atoms with E-state index in [1.807, 2.05) is 36.7 Å². The summed E-state index contributed by atoms with van der Waals surface area (Å²) in [6.45, 7) is 5.50. The SMILES string of the molecule is O[C@H]1CN(Cc2cc(F)ccc2-n2cccn2)C[C@@H]1N1CCN(c2ccccn2)CC1. The number of piperazine rings is 1. The second-order valence-corrected chi connectivity index (χ2v) is 8.26. The van der Waals surface area contributed by atoms with Gasteiger partial charge in [-0.3, -0.25) is 9.80 Å². The molecule has 2 fully saturated rings. The summed E-state index contributed by atoms with van der Waals surface area (Å²) in [5.41, 5.74) is 1.74. The molecular weight excluding hydrogens is 395 g/mol. The van der Waals surface area contributed by atoms with Crippen molar-refractivity contribution in [2.24, 2.45) is 0 Å². The molecule has 4 heterocycles. The fraction of sp³-hybridized carbons (Fsp3) is 0.391. The number of pyridine rings is 1. The molecule has 0 radical (unpaired) electrons. The van der Waals surface area contributed by atoms with Gasteiger partial charge in [0.05, 0.1) is 11.8 Å². The van der Waals surface area contributed by atoms with Gasteiger partial charge in [-0.2, -0.15) is 5.10 Å². The average molecular weight is 423 g/mol. The second kappa shape index (κ2) is 8.74. The Morgan fingerprint density at radius 2 is 1.87 bits per heavy atom. The number of benzene rings is 1.